The first kappa shape index (κ1) is 12.2. The van der Waals surface area contributed by atoms with Crippen molar-refractivity contribution in [3.05, 3.63) is 0 Å². The van der Waals surface area contributed by atoms with Gasteiger partial charge in [0.25, 0.3) is 0 Å². The van der Waals surface area contributed by atoms with E-state index >= 15 is 0 Å². The first-order chi connectivity index (χ1) is 6.07. The number of amides is 2. The quantitative estimate of drug-likeness (QED) is 0.500. The molecule has 0 spiro atoms. The van der Waals surface area contributed by atoms with Crippen molar-refractivity contribution < 1.29 is 9.59 Å². The van der Waals surface area contributed by atoms with Gasteiger partial charge in [0.1, 0.15) is 0 Å². The van der Waals surface area contributed by atoms with Crippen LogP contribution in [0.1, 0.15) is 6.42 Å². The van der Waals surface area contributed by atoms with Crippen LogP contribution in [0.3, 0.4) is 0 Å². The van der Waals surface area contributed by atoms with Crippen molar-refractivity contribution in [2.45, 2.75) is 12.5 Å². The van der Waals surface area contributed by atoms with Crippen molar-refractivity contribution in [3.63, 3.8) is 0 Å². The van der Waals surface area contributed by atoms with Gasteiger partial charge in [-0.25, -0.2) is 0 Å². The monoisotopic (exact) mass is 205 g/mol. The highest BCUT2D eigenvalue weighted by molar-refractivity contribution is 7.98. The highest BCUT2D eigenvalue weighted by Gasteiger charge is 2.12. The molecule has 0 saturated heterocycles. The summed E-state index contributed by atoms with van der Waals surface area (Å²) in [5.74, 6) is -0.0659. The van der Waals surface area contributed by atoms with E-state index in [1.807, 2.05) is 6.26 Å². The maximum Gasteiger partial charge on any atom is 0.237 e. The zero-order valence-corrected chi connectivity index (χ0v) is 8.39. The van der Waals surface area contributed by atoms with Gasteiger partial charge in [-0.1, -0.05) is 0 Å². The van der Waals surface area contributed by atoms with Crippen LogP contribution in [0, 0.1) is 0 Å². The molecule has 5 nitrogen and oxygen atoms in total. The summed E-state index contributed by atoms with van der Waals surface area (Å²) in [6.45, 7) is -0.147. The Hall–Kier alpha value is -0.750. The van der Waals surface area contributed by atoms with Crippen LogP contribution in [0.25, 0.3) is 0 Å². The van der Waals surface area contributed by atoms with Gasteiger partial charge in [-0.2, -0.15) is 11.8 Å². The summed E-state index contributed by atoms with van der Waals surface area (Å²) in [5.41, 5.74) is 10.4. The SMILES string of the molecule is CSCC[C@H](N)C(=O)NCC(N)=O. The van der Waals surface area contributed by atoms with E-state index < -0.39 is 11.9 Å². The standard InChI is InChI=1S/C7H15N3O2S/c1-13-3-2-5(8)7(12)10-4-6(9)11/h5H,2-4,8H2,1H3,(H2,9,11)(H,10,12)/t5-/m0/s1. The molecule has 0 saturated carbocycles. The normalized spacial score (nSPS) is 12.2. The van der Waals surface area contributed by atoms with Crippen LogP contribution in [0.2, 0.25) is 0 Å². The molecule has 0 aromatic carbocycles. The molecule has 6 heteroatoms. The van der Waals surface area contributed by atoms with Crippen LogP contribution in [-0.2, 0) is 9.59 Å². The molecule has 0 bridgehead atoms. The zero-order chi connectivity index (χ0) is 10.3. The molecule has 1 atom stereocenters. The maximum atomic E-state index is 11.1. The third-order valence-corrected chi connectivity index (χ3v) is 2.05. The van der Waals surface area contributed by atoms with Crippen molar-refractivity contribution >= 4 is 23.6 Å². The number of carbonyl (C=O) groups is 2. The van der Waals surface area contributed by atoms with E-state index in [1.165, 1.54) is 0 Å². The van der Waals surface area contributed by atoms with Crippen molar-refractivity contribution in [2.75, 3.05) is 18.6 Å². The van der Waals surface area contributed by atoms with Gasteiger partial charge in [-0.05, 0) is 18.4 Å². The van der Waals surface area contributed by atoms with Crippen LogP contribution < -0.4 is 16.8 Å². The summed E-state index contributed by atoms with van der Waals surface area (Å²) in [7, 11) is 0. The van der Waals surface area contributed by atoms with E-state index in [1.54, 1.807) is 11.8 Å². The minimum atomic E-state index is -0.564. The van der Waals surface area contributed by atoms with E-state index in [2.05, 4.69) is 5.32 Å². The number of nitrogens with one attached hydrogen (secondary N) is 1. The Labute approximate surface area is 81.6 Å². The lowest BCUT2D eigenvalue weighted by Crippen LogP contribution is -2.44. The fourth-order valence-corrected chi connectivity index (χ4v) is 1.17. The van der Waals surface area contributed by atoms with Crippen LogP contribution in [0.15, 0.2) is 0 Å². The molecule has 0 aromatic heterocycles. The molecular weight excluding hydrogens is 190 g/mol. The van der Waals surface area contributed by atoms with Crippen molar-refractivity contribution in [1.29, 1.82) is 0 Å². The molecule has 13 heavy (non-hydrogen) atoms. The predicted molar refractivity (Wildman–Crippen MR) is 53.2 cm³/mol. The molecular formula is C7H15N3O2S. The second-order valence-corrected chi connectivity index (χ2v) is 3.56. The molecule has 5 N–H and O–H groups in total. The van der Waals surface area contributed by atoms with Gasteiger partial charge in [-0.3, -0.25) is 9.59 Å². The summed E-state index contributed by atoms with van der Waals surface area (Å²) in [6, 6.07) is -0.549. The lowest BCUT2D eigenvalue weighted by molar-refractivity contribution is -0.125. The van der Waals surface area contributed by atoms with Crippen molar-refractivity contribution in [1.82, 2.24) is 5.32 Å². The van der Waals surface area contributed by atoms with Crippen molar-refractivity contribution in [3.8, 4) is 0 Å². The third kappa shape index (κ3) is 6.41. The Balaban J connectivity index is 3.63. The minimum Gasteiger partial charge on any atom is -0.368 e. The van der Waals surface area contributed by atoms with Crippen molar-refractivity contribution in [2.24, 2.45) is 11.5 Å². The molecule has 0 aliphatic heterocycles. The second-order valence-electron chi connectivity index (χ2n) is 2.57. The Morgan fingerprint density at radius 1 is 1.54 bits per heavy atom. The van der Waals surface area contributed by atoms with Gasteiger partial charge in [0.05, 0.1) is 12.6 Å². The van der Waals surface area contributed by atoms with E-state index in [0.29, 0.717) is 6.42 Å². The Kier molecular flexibility index (Phi) is 6.34. The lowest BCUT2D eigenvalue weighted by atomic mass is 10.2. The average Bonchev–Trinajstić information content (AvgIpc) is 2.10. The average molecular weight is 205 g/mol. The Morgan fingerprint density at radius 3 is 2.62 bits per heavy atom. The van der Waals surface area contributed by atoms with Gasteiger partial charge < -0.3 is 16.8 Å². The van der Waals surface area contributed by atoms with Crippen LogP contribution in [-0.4, -0.2) is 36.4 Å². The van der Waals surface area contributed by atoms with Crippen LogP contribution in [0.4, 0.5) is 0 Å². The number of thioether (sulfide) groups is 1. The lowest BCUT2D eigenvalue weighted by Gasteiger charge is -2.09. The topological polar surface area (TPSA) is 98.2 Å². The third-order valence-electron chi connectivity index (χ3n) is 1.41. The first-order valence-electron chi connectivity index (χ1n) is 3.88. The van der Waals surface area contributed by atoms with E-state index in [0.717, 1.165) is 5.75 Å². The van der Waals surface area contributed by atoms with Crippen LogP contribution >= 0.6 is 11.8 Å². The van der Waals surface area contributed by atoms with Gasteiger partial charge in [0, 0.05) is 0 Å². The second kappa shape index (κ2) is 6.73. The number of primary amides is 1. The highest BCUT2D eigenvalue weighted by Crippen LogP contribution is 1.98. The predicted octanol–water partition coefficient (Wildman–Crippen LogP) is -1.33. The highest BCUT2D eigenvalue weighted by atomic mass is 32.2. The fourth-order valence-electron chi connectivity index (χ4n) is 0.681. The number of nitrogens with two attached hydrogens (primary N) is 2. The van der Waals surface area contributed by atoms with Gasteiger partial charge in [-0.15, -0.1) is 0 Å². The smallest absolute Gasteiger partial charge is 0.237 e. The minimum absolute atomic E-state index is 0.147. The van der Waals surface area contributed by atoms with E-state index in [4.69, 9.17) is 11.5 Å². The molecule has 0 aliphatic carbocycles. The molecule has 0 rings (SSSR count). The zero-order valence-electron chi connectivity index (χ0n) is 7.58. The van der Waals surface area contributed by atoms with Gasteiger partial charge in [0.2, 0.25) is 11.8 Å². The van der Waals surface area contributed by atoms with Crippen LogP contribution in [0.5, 0.6) is 0 Å². The molecule has 0 aromatic rings. The largest absolute Gasteiger partial charge is 0.368 e. The Bertz CT molecular complexity index is 187. The molecule has 0 unspecified atom stereocenters. The fraction of sp³-hybridized carbons (Fsp3) is 0.714. The summed E-state index contributed by atoms with van der Waals surface area (Å²) in [4.78, 5) is 21.4. The van der Waals surface area contributed by atoms with E-state index in [9.17, 15) is 9.59 Å². The molecule has 0 fully saturated rings. The van der Waals surface area contributed by atoms with E-state index in [-0.39, 0.29) is 12.5 Å². The van der Waals surface area contributed by atoms with Gasteiger partial charge >= 0.3 is 0 Å². The molecule has 0 heterocycles. The summed E-state index contributed by atoms with van der Waals surface area (Å²) >= 11 is 1.62. The molecule has 76 valence electrons. The number of carbonyl (C=O) groups excluding carboxylic acids is 2. The first-order valence-corrected chi connectivity index (χ1v) is 5.28. The molecule has 2 amide bonds. The summed E-state index contributed by atoms with van der Waals surface area (Å²) in [5, 5.41) is 2.34. The Morgan fingerprint density at radius 2 is 2.15 bits per heavy atom. The molecule has 0 radical (unpaired) electrons. The molecule has 0 aliphatic rings. The maximum absolute atomic E-state index is 11.1. The summed E-state index contributed by atoms with van der Waals surface area (Å²) in [6.07, 6.45) is 2.54. The summed E-state index contributed by atoms with van der Waals surface area (Å²) < 4.78 is 0. The number of rotatable bonds is 6. The number of hydrogen-bond donors (Lipinski definition) is 3. The van der Waals surface area contributed by atoms with Gasteiger partial charge in [0.15, 0.2) is 0 Å². The number of hydrogen-bond acceptors (Lipinski definition) is 4.